The van der Waals surface area contributed by atoms with Crippen molar-refractivity contribution in [2.45, 2.75) is 64.3 Å². The Bertz CT molecular complexity index is 2020. The standard InChI is InChI=1S/C41H42FN5O4S/c1-3-5-6-7-11-22-45(25-30-12-9-8-10-13-30)39(50)33-16-20-36(21-17-33)47-27-34(23-32-24-43-40(51)46(26-32)28-38(48)49)37(4-2)44-41(47)52-29-31-14-18-35(42)19-15-31/h8-10,12-21,24,26-27H,2-3,5-7,11,22-23,25,28-29H2,1H3,(H,48,49). The number of aromatic nitrogens is 2. The topological polar surface area (TPSA) is 108 Å². The molecule has 0 atom stereocenters. The molecule has 0 saturated heterocycles. The zero-order valence-corrected chi connectivity index (χ0v) is 30.0. The number of amides is 1. The maximum atomic E-state index is 13.9. The van der Waals surface area contributed by atoms with Crippen LogP contribution in [-0.2, 0) is 30.1 Å². The molecule has 1 aliphatic heterocycles. The zero-order valence-electron chi connectivity index (χ0n) is 29.2. The summed E-state index contributed by atoms with van der Waals surface area (Å²) in [5.74, 6) is -0.995. The van der Waals surface area contributed by atoms with E-state index in [1.54, 1.807) is 12.1 Å². The summed E-state index contributed by atoms with van der Waals surface area (Å²) < 4.78 is 14.7. The highest BCUT2D eigenvalue weighted by molar-refractivity contribution is 8.13. The second-order valence-electron chi connectivity index (χ2n) is 12.5. The van der Waals surface area contributed by atoms with Crippen molar-refractivity contribution in [1.82, 2.24) is 14.5 Å². The lowest BCUT2D eigenvalue weighted by molar-refractivity contribution is -0.137. The highest BCUT2D eigenvalue weighted by Gasteiger charge is 2.23. The van der Waals surface area contributed by atoms with Gasteiger partial charge in [0.25, 0.3) is 5.91 Å². The van der Waals surface area contributed by atoms with Gasteiger partial charge in [0.15, 0.2) is 5.17 Å². The van der Waals surface area contributed by atoms with Gasteiger partial charge >= 0.3 is 11.7 Å². The summed E-state index contributed by atoms with van der Waals surface area (Å²) in [6, 6.07) is 23.7. The number of thioether (sulfide) groups is 1. The molecule has 5 rings (SSSR count). The number of rotatable bonds is 16. The number of hydrogen-bond acceptors (Lipinski definition) is 7. The van der Waals surface area contributed by atoms with Gasteiger partial charge < -0.3 is 10.0 Å². The Morgan fingerprint density at radius 3 is 2.37 bits per heavy atom. The van der Waals surface area contributed by atoms with Crippen molar-refractivity contribution in [3.05, 3.63) is 160 Å². The van der Waals surface area contributed by atoms with Gasteiger partial charge in [0.2, 0.25) is 0 Å². The number of carboxylic acids is 1. The molecule has 0 spiro atoms. The van der Waals surface area contributed by atoms with E-state index < -0.39 is 18.2 Å². The Labute approximate surface area is 307 Å². The van der Waals surface area contributed by atoms with Gasteiger partial charge in [-0.25, -0.2) is 19.2 Å². The summed E-state index contributed by atoms with van der Waals surface area (Å²) in [6.45, 7) is 6.72. The normalized spacial score (nSPS) is 12.6. The molecule has 2 heterocycles. The van der Waals surface area contributed by atoms with E-state index in [2.05, 4.69) is 24.2 Å². The van der Waals surface area contributed by atoms with Crippen LogP contribution < -0.4 is 10.6 Å². The number of carbonyl (C=O) groups excluding carboxylic acids is 1. The third-order valence-electron chi connectivity index (χ3n) is 8.49. The van der Waals surface area contributed by atoms with Crippen molar-refractivity contribution in [3.8, 4) is 0 Å². The molecular weight excluding hydrogens is 678 g/mol. The molecule has 3 aromatic carbocycles. The quantitative estimate of drug-likeness (QED) is 0.0924. The summed E-state index contributed by atoms with van der Waals surface area (Å²) in [7, 11) is 0. The highest BCUT2D eigenvalue weighted by Crippen LogP contribution is 2.32. The van der Waals surface area contributed by atoms with Crippen molar-refractivity contribution in [2.24, 2.45) is 4.99 Å². The number of anilines is 1. The monoisotopic (exact) mass is 719 g/mol. The van der Waals surface area contributed by atoms with E-state index in [0.29, 0.717) is 46.4 Å². The van der Waals surface area contributed by atoms with Crippen LogP contribution in [0.25, 0.3) is 0 Å². The molecule has 0 bridgehead atoms. The fourth-order valence-corrected chi connectivity index (χ4v) is 6.71. The van der Waals surface area contributed by atoms with Crippen molar-refractivity contribution < 1.29 is 19.1 Å². The van der Waals surface area contributed by atoms with Gasteiger partial charge in [0.1, 0.15) is 18.1 Å². The molecule has 11 heteroatoms. The maximum Gasteiger partial charge on any atom is 0.348 e. The Hall–Kier alpha value is -5.51. The minimum atomic E-state index is -1.15. The molecular formula is C41H42FN5O4S. The second kappa shape index (κ2) is 18.6. The first-order valence-electron chi connectivity index (χ1n) is 17.3. The number of carbonyl (C=O) groups is 2. The molecule has 0 radical (unpaired) electrons. The SMILES string of the molecule is C=C=C1N=C(SCc2ccc(F)cc2)N(c2ccc(C(=O)N(CCCCCCC)Cc3ccccc3)cc2)C=C1Cc1cnc(=O)n(CC(=O)O)c1. The van der Waals surface area contributed by atoms with Crippen LogP contribution in [0.3, 0.4) is 0 Å². The third-order valence-corrected chi connectivity index (χ3v) is 9.51. The molecule has 0 aliphatic carbocycles. The maximum absolute atomic E-state index is 13.9. The van der Waals surface area contributed by atoms with E-state index in [4.69, 9.17) is 4.99 Å². The third kappa shape index (κ3) is 10.5. The number of allylic oxidation sites excluding steroid dienone is 1. The highest BCUT2D eigenvalue weighted by atomic mass is 32.2. The van der Waals surface area contributed by atoms with E-state index in [1.807, 2.05) is 70.6 Å². The molecule has 1 aliphatic rings. The summed E-state index contributed by atoms with van der Waals surface area (Å²) in [5.41, 5.74) is 7.37. The van der Waals surface area contributed by atoms with Gasteiger partial charge in [0, 0.05) is 60.7 Å². The largest absolute Gasteiger partial charge is 0.480 e. The lowest BCUT2D eigenvalue weighted by Gasteiger charge is -2.28. The number of benzene rings is 3. The van der Waals surface area contributed by atoms with Gasteiger partial charge in [-0.2, -0.15) is 0 Å². The van der Waals surface area contributed by atoms with Crippen molar-refractivity contribution in [2.75, 3.05) is 11.4 Å². The summed E-state index contributed by atoms with van der Waals surface area (Å²) in [4.78, 5) is 50.0. The van der Waals surface area contributed by atoms with Gasteiger partial charge in [-0.05, 0) is 59.5 Å². The van der Waals surface area contributed by atoms with Crippen LogP contribution >= 0.6 is 11.8 Å². The number of aliphatic carboxylic acids is 1. The summed E-state index contributed by atoms with van der Waals surface area (Å²) in [6.07, 6.45) is 10.6. The molecule has 1 amide bonds. The van der Waals surface area contributed by atoms with Crippen molar-refractivity contribution in [3.63, 3.8) is 0 Å². The molecule has 1 aromatic heterocycles. The first kappa shape index (κ1) is 37.7. The molecule has 4 aromatic rings. The number of aliphatic imine (C=N–C) groups is 1. The number of nitrogens with zero attached hydrogens (tertiary/aromatic N) is 5. The Balaban J connectivity index is 1.43. The second-order valence-corrected chi connectivity index (χ2v) is 13.4. The van der Waals surface area contributed by atoms with Gasteiger partial charge in [0.05, 0.1) is 0 Å². The van der Waals surface area contributed by atoms with Crippen LogP contribution in [0, 0.1) is 5.82 Å². The van der Waals surface area contributed by atoms with Crippen LogP contribution in [0.2, 0.25) is 0 Å². The molecule has 52 heavy (non-hydrogen) atoms. The zero-order chi connectivity index (χ0) is 36.9. The minimum Gasteiger partial charge on any atom is -0.480 e. The fraction of sp³-hybridized carbons (Fsp3) is 0.268. The van der Waals surface area contributed by atoms with Gasteiger partial charge in [-0.1, -0.05) is 93.4 Å². The Morgan fingerprint density at radius 2 is 1.67 bits per heavy atom. The summed E-state index contributed by atoms with van der Waals surface area (Å²) >= 11 is 1.45. The Kier molecular flexibility index (Phi) is 13.5. The van der Waals surface area contributed by atoms with Crippen LogP contribution in [0.4, 0.5) is 10.1 Å². The number of carboxylic acid groups (broad SMARTS) is 1. The number of hydrogen-bond donors (Lipinski definition) is 1. The number of amidine groups is 1. The van der Waals surface area contributed by atoms with E-state index in [1.165, 1.54) is 42.7 Å². The van der Waals surface area contributed by atoms with E-state index in [0.717, 1.165) is 47.1 Å². The molecule has 0 fully saturated rings. The molecule has 0 unspecified atom stereocenters. The number of halogens is 1. The molecule has 268 valence electrons. The fourth-order valence-electron chi connectivity index (χ4n) is 5.77. The number of unbranched alkanes of at least 4 members (excludes halogenated alkanes) is 4. The molecule has 1 N–H and O–H groups in total. The van der Waals surface area contributed by atoms with E-state index in [9.17, 15) is 23.9 Å². The first-order chi connectivity index (χ1) is 25.2. The Morgan fingerprint density at radius 1 is 0.942 bits per heavy atom. The minimum absolute atomic E-state index is 0.0405. The van der Waals surface area contributed by atoms with E-state index >= 15 is 0 Å². The molecule has 9 nitrogen and oxygen atoms in total. The van der Waals surface area contributed by atoms with Gasteiger partial charge in [-0.15, -0.1) is 5.73 Å². The average Bonchev–Trinajstić information content (AvgIpc) is 3.15. The summed E-state index contributed by atoms with van der Waals surface area (Å²) in [5, 5.41) is 9.86. The first-order valence-corrected chi connectivity index (χ1v) is 18.3. The average molecular weight is 720 g/mol. The predicted octanol–water partition coefficient (Wildman–Crippen LogP) is 7.98. The lowest BCUT2D eigenvalue weighted by atomic mass is 10.0. The smallest absolute Gasteiger partial charge is 0.348 e. The molecule has 0 saturated carbocycles. The van der Waals surface area contributed by atoms with E-state index in [-0.39, 0.29) is 18.1 Å². The predicted molar refractivity (Wildman–Crippen MR) is 205 cm³/mol. The lowest BCUT2D eigenvalue weighted by Crippen LogP contribution is -2.32. The van der Waals surface area contributed by atoms with Gasteiger partial charge in [-0.3, -0.25) is 19.1 Å². The van der Waals surface area contributed by atoms with Crippen LogP contribution in [0.15, 0.2) is 131 Å². The van der Waals surface area contributed by atoms with Crippen LogP contribution in [0.5, 0.6) is 0 Å². The van der Waals surface area contributed by atoms with Crippen LogP contribution in [0.1, 0.15) is 66.1 Å². The van der Waals surface area contributed by atoms with Crippen molar-refractivity contribution >= 4 is 34.5 Å². The van der Waals surface area contributed by atoms with Crippen LogP contribution in [-0.4, -0.2) is 43.1 Å². The van der Waals surface area contributed by atoms with Crippen molar-refractivity contribution in [1.29, 1.82) is 0 Å².